The molecule has 3 heteroatoms. The molecule has 94 valence electrons. The third kappa shape index (κ3) is 4.21. The molecular formula is C14H20ClNO. The third-order valence-electron chi connectivity index (χ3n) is 3.25. The van der Waals surface area contributed by atoms with Crippen LogP contribution in [0.1, 0.15) is 19.8 Å². The topological polar surface area (TPSA) is 21.3 Å². The molecule has 0 amide bonds. The zero-order valence-corrected chi connectivity index (χ0v) is 11.0. The second-order valence-corrected chi connectivity index (χ2v) is 5.40. The van der Waals surface area contributed by atoms with E-state index >= 15 is 0 Å². The Morgan fingerprint density at radius 1 is 1.41 bits per heavy atom. The highest BCUT2D eigenvalue weighted by Crippen LogP contribution is 2.20. The van der Waals surface area contributed by atoms with Gasteiger partial charge in [-0.05, 0) is 62.0 Å². The molecule has 1 fully saturated rings. The van der Waals surface area contributed by atoms with Crippen LogP contribution in [0, 0.1) is 11.8 Å². The van der Waals surface area contributed by atoms with E-state index < -0.39 is 0 Å². The van der Waals surface area contributed by atoms with Gasteiger partial charge >= 0.3 is 0 Å². The van der Waals surface area contributed by atoms with Crippen LogP contribution >= 0.6 is 11.6 Å². The number of benzene rings is 1. The number of nitrogens with one attached hydrogen (secondary N) is 1. The molecule has 0 saturated carbocycles. The van der Waals surface area contributed by atoms with Crippen molar-refractivity contribution in [3.8, 4) is 5.75 Å². The quantitative estimate of drug-likeness (QED) is 0.869. The predicted octanol–water partition coefficient (Wildman–Crippen LogP) is 3.35. The van der Waals surface area contributed by atoms with Crippen LogP contribution in [0.25, 0.3) is 0 Å². The highest BCUT2D eigenvalue weighted by Gasteiger charge is 2.17. The van der Waals surface area contributed by atoms with Gasteiger partial charge in [-0.1, -0.05) is 18.5 Å². The van der Waals surface area contributed by atoms with Crippen LogP contribution in [0.15, 0.2) is 24.3 Å². The van der Waals surface area contributed by atoms with Crippen molar-refractivity contribution >= 4 is 11.6 Å². The van der Waals surface area contributed by atoms with Gasteiger partial charge in [0.2, 0.25) is 0 Å². The van der Waals surface area contributed by atoms with Gasteiger partial charge < -0.3 is 10.1 Å². The van der Waals surface area contributed by atoms with Gasteiger partial charge in [0.15, 0.2) is 0 Å². The summed E-state index contributed by atoms with van der Waals surface area (Å²) in [6, 6.07) is 7.57. The molecule has 0 radical (unpaired) electrons. The summed E-state index contributed by atoms with van der Waals surface area (Å²) in [6.07, 6.45) is 2.56. The molecule has 0 unspecified atom stereocenters. The van der Waals surface area contributed by atoms with Gasteiger partial charge in [-0.25, -0.2) is 0 Å². The van der Waals surface area contributed by atoms with Crippen molar-refractivity contribution in [2.45, 2.75) is 19.8 Å². The Morgan fingerprint density at radius 2 is 2.18 bits per heavy atom. The summed E-state index contributed by atoms with van der Waals surface area (Å²) in [4.78, 5) is 0. The molecule has 1 aliphatic heterocycles. The van der Waals surface area contributed by atoms with Crippen molar-refractivity contribution in [2.24, 2.45) is 11.8 Å². The molecule has 1 saturated heterocycles. The lowest BCUT2D eigenvalue weighted by molar-refractivity contribution is 0.235. The van der Waals surface area contributed by atoms with Crippen LogP contribution < -0.4 is 10.1 Å². The number of halogens is 1. The molecule has 1 aromatic carbocycles. The third-order valence-corrected chi connectivity index (χ3v) is 3.50. The molecule has 2 nitrogen and oxygen atoms in total. The molecular weight excluding hydrogens is 234 g/mol. The normalized spacial score (nSPS) is 21.4. The average Bonchev–Trinajstić information content (AvgIpc) is 2.81. The Hall–Kier alpha value is -0.730. The molecule has 2 atom stereocenters. The van der Waals surface area contributed by atoms with Crippen molar-refractivity contribution in [3.63, 3.8) is 0 Å². The maximum absolute atomic E-state index is 5.83. The number of hydrogen-bond acceptors (Lipinski definition) is 2. The molecule has 0 aliphatic carbocycles. The molecule has 1 N–H and O–H groups in total. The van der Waals surface area contributed by atoms with Gasteiger partial charge in [0.05, 0.1) is 6.61 Å². The summed E-state index contributed by atoms with van der Waals surface area (Å²) in [7, 11) is 0. The Kier molecular flexibility index (Phi) is 4.69. The fraction of sp³-hybridized carbons (Fsp3) is 0.571. The molecule has 17 heavy (non-hydrogen) atoms. The average molecular weight is 254 g/mol. The van der Waals surface area contributed by atoms with Crippen molar-refractivity contribution in [3.05, 3.63) is 29.3 Å². The first kappa shape index (κ1) is 12.7. The largest absolute Gasteiger partial charge is 0.493 e. The highest BCUT2D eigenvalue weighted by molar-refractivity contribution is 6.30. The Morgan fingerprint density at radius 3 is 2.82 bits per heavy atom. The maximum atomic E-state index is 5.83. The summed E-state index contributed by atoms with van der Waals surface area (Å²) in [6.45, 7) is 5.40. The van der Waals surface area contributed by atoms with E-state index in [0.29, 0.717) is 5.92 Å². The SMILES string of the molecule is C[C@H](COc1ccc(Cl)cc1)C[C@H]1CCNC1. The molecule has 0 bridgehead atoms. The fourth-order valence-corrected chi connectivity index (χ4v) is 2.45. The molecule has 1 aliphatic rings. The monoisotopic (exact) mass is 253 g/mol. The first-order valence-corrected chi connectivity index (χ1v) is 6.71. The van der Waals surface area contributed by atoms with E-state index in [-0.39, 0.29) is 0 Å². The summed E-state index contributed by atoms with van der Waals surface area (Å²) >= 11 is 5.83. The van der Waals surface area contributed by atoms with Gasteiger partial charge in [0, 0.05) is 5.02 Å². The first-order chi connectivity index (χ1) is 8.24. The van der Waals surface area contributed by atoms with Gasteiger partial charge in [-0.2, -0.15) is 0 Å². The first-order valence-electron chi connectivity index (χ1n) is 6.33. The second-order valence-electron chi connectivity index (χ2n) is 4.96. The predicted molar refractivity (Wildman–Crippen MR) is 71.7 cm³/mol. The van der Waals surface area contributed by atoms with Gasteiger partial charge in [-0.3, -0.25) is 0 Å². The van der Waals surface area contributed by atoms with Crippen LogP contribution in [0.4, 0.5) is 0 Å². The number of ether oxygens (including phenoxy) is 1. The molecule has 0 spiro atoms. The van der Waals surface area contributed by atoms with Crippen LogP contribution in [0.5, 0.6) is 5.75 Å². The zero-order chi connectivity index (χ0) is 12.1. The van der Waals surface area contributed by atoms with Crippen LogP contribution in [-0.2, 0) is 0 Å². The standard InChI is InChI=1S/C14H20ClNO/c1-11(8-12-6-7-16-9-12)10-17-14-4-2-13(15)3-5-14/h2-5,11-12,16H,6-10H2,1H3/t11-,12+/m0/s1. The van der Waals surface area contributed by atoms with Crippen LogP contribution in [0.3, 0.4) is 0 Å². The van der Waals surface area contributed by atoms with Crippen LogP contribution in [-0.4, -0.2) is 19.7 Å². The van der Waals surface area contributed by atoms with Gasteiger partial charge in [0.1, 0.15) is 5.75 Å². The smallest absolute Gasteiger partial charge is 0.119 e. The summed E-state index contributed by atoms with van der Waals surface area (Å²) in [5.74, 6) is 2.35. The van der Waals surface area contributed by atoms with E-state index in [4.69, 9.17) is 16.3 Å². The Bertz CT molecular complexity index is 333. The van der Waals surface area contributed by atoms with E-state index in [1.54, 1.807) is 0 Å². The molecule has 1 heterocycles. The lowest BCUT2D eigenvalue weighted by atomic mass is 9.96. The lowest BCUT2D eigenvalue weighted by Gasteiger charge is -2.16. The van der Waals surface area contributed by atoms with Gasteiger partial charge in [-0.15, -0.1) is 0 Å². The second kappa shape index (κ2) is 6.27. The Labute approximate surface area is 108 Å². The minimum atomic E-state index is 0.607. The highest BCUT2D eigenvalue weighted by atomic mass is 35.5. The van der Waals surface area contributed by atoms with Crippen molar-refractivity contribution in [1.82, 2.24) is 5.32 Å². The van der Waals surface area contributed by atoms with E-state index in [2.05, 4.69) is 12.2 Å². The van der Waals surface area contributed by atoms with Crippen LogP contribution in [0.2, 0.25) is 5.02 Å². The van der Waals surface area contributed by atoms with E-state index in [1.165, 1.54) is 25.9 Å². The summed E-state index contributed by atoms with van der Waals surface area (Å²) < 4.78 is 5.75. The minimum absolute atomic E-state index is 0.607. The Balaban J connectivity index is 1.71. The molecule has 2 rings (SSSR count). The van der Waals surface area contributed by atoms with E-state index in [0.717, 1.165) is 23.3 Å². The summed E-state index contributed by atoms with van der Waals surface area (Å²) in [5.41, 5.74) is 0. The fourth-order valence-electron chi connectivity index (χ4n) is 2.32. The van der Waals surface area contributed by atoms with Crippen molar-refractivity contribution in [1.29, 1.82) is 0 Å². The molecule has 1 aromatic rings. The minimum Gasteiger partial charge on any atom is -0.493 e. The summed E-state index contributed by atoms with van der Waals surface area (Å²) in [5, 5.41) is 4.15. The molecule has 0 aromatic heterocycles. The lowest BCUT2D eigenvalue weighted by Crippen LogP contribution is -2.15. The van der Waals surface area contributed by atoms with Crippen molar-refractivity contribution < 1.29 is 4.74 Å². The van der Waals surface area contributed by atoms with Crippen molar-refractivity contribution in [2.75, 3.05) is 19.7 Å². The van der Waals surface area contributed by atoms with Gasteiger partial charge in [0.25, 0.3) is 0 Å². The number of hydrogen-bond donors (Lipinski definition) is 1. The van der Waals surface area contributed by atoms with E-state index in [9.17, 15) is 0 Å². The zero-order valence-electron chi connectivity index (χ0n) is 10.3. The maximum Gasteiger partial charge on any atom is 0.119 e. The van der Waals surface area contributed by atoms with E-state index in [1.807, 2.05) is 24.3 Å². The number of rotatable bonds is 5.